The molecule has 0 aromatic rings. The summed E-state index contributed by atoms with van der Waals surface area (Å²) in [4.78, 5) is 10.9. The van der Waals surface area contributed by atoms with Crippen LogP contribution in [0.1, 0.15) is 6.92 Å². The number of rotatable bonds is 4. The lowest BCUT2D eigenvalue weighted by atomic mass is 10.0. The van der Waals surface area contributed by atoms with Crippen LogP contribution in [-0.2, 0) is 14.3 Å². The first-order valence-corrected chi connectivity index (χ1v) is 3.75. The smallest absolute Gasteiger partial charge is 0.416 e. The number of methoxy groups -OCH3 is 1. The number of halogens is 3. The average Bonchev–Trinajstić information content (AvgIpc) is 2.02. The van der Waals surface area contributed by atoms with E-state index in [1.54, 1.807) is 0 Å². The Labute approximate surface area is 79.2 Å². The Morgan fingerprint density at radius 1 is 1.36 bits per heavy atom. The lowest BCUT2D eigenvalue weighted by Crippen LogP contribution is -2.58. The molecule has 4 nitrogen and oxygen atoms in total. The van der Waals surface area contributed by atoms with Crippen molar-refractivity contribution in [1.29, 1.82) is 0 Å². The fourth-order valence-corrected chi connectivity index (χ4v) is 0.483. The molecule has 7 heteroatoms. The molecule has 0 amide bonds. The first-order chi connectivity index (χ1) is 6.23. The molecule has 0 fully saturated rings. The number of nitrogens with two attached hydrogens (primary N) is 1. The van der Waals surface area contributed by atoms with Gasteiger partial charge in [0.15, 0.2) is 0 Å². The standard InChI is InChI=1S/C7H12F3NO3/c1-6(11,7(8,9)10)5(12)14-4-3-13-2/h3-4,11H2,1-2H3. The number of alkyl halides is 3. The summed E-state index contributed by atoms with van der Waals surface area (Å²) in [6.45, 7) is 0.333. The Morgan fingerprint density at radius 2 is 1.86 bits per heavy atom. The Morgan fingerprint density at radius 3 is 2.21 bits per heavy atom. The average molecular weight is 215 g/mol. The van der Waals surface area contributed by atoms with Crippen molar-refractivity contribution in [2.24, 2.45) is 5.73 Å². The minimum atomic E-state index is -4.82. The zero-order valence-electron chi connectivity index (χ0n) is 7.85. The highest BCUT2D eigenvalue weighted by atomic mass is 19.4. The normalized spacial score (nSPS) is 16.1. The van der Waals surface area contributed by atoms with Crippen LogP contribution in [0.25, 0.3) is 0 Å². The summed E-state index contributed by atoms with van der Waals surface area (Å²) in [7, 11) is 1.33. The van der Waals surface area contributed by atoms with Crippen LogP contribution >= 0.6 is 0 Å². The molecular weight excluding hydrogens is 203 g/mol. The number of ether oxygens (including phenoxy) is 2. The van der Waals surface area contributed by atoms with Gasteiger partial charge in [-0.1, -0.05) is 0 Å². The number of hydrogen-bond donors (Lipinski definition) is 1. The summed E-state index contributed by atoms with van der Waals surface area (Å²) < 4.78 is 45.2. The maximum absolute atomic E-state index is 12.1. The van der Waals surface area contributed by atoms with Crippen molar-refractivity contribution in [2.75, 3.05) is 20.3 Å². The fraction of sp³-hybridized carbons (Fsp3) is 0.857. The van der Waals surface area contributed by atoms with E-state index in [9.17, 15) is 18.0 Å². The quantitative estimate of drug-likeness (QED) is 0.546. The van der Waals surface area contributed by atoms with Gasteiger partial charge in [0.25, 0.3) is 0 Å². The van der Waals surface area contributed by atoms with Gasteiger partial charge in [-0.25, -0.2) is 4.79 Å². The molecule has 14 heavy (non-hydrogen) atoms. The highest BCUT2D eigenvalue weighted by molar-refractivity contribution is 5.81. The van der Waals surface area contributed by atoms with Gasteiger partial charge >= 0.3 is 12.1 Å². The highest BCUT2D eigenvalue weighted by Gasteiger charge is 2.55. The van der Waals surface area contributed by atoms with Crippen molar-refractivity contribution in [3.63, 3.8) is 0 Å². The Hall–Kier alpha value is -0.820. The zero-order valence-corrected chi connectivity index (χ0v) is 7.85. The number of hydrogen-bond acceptors (Lipinski definition) is 4. The van der Waals surface area contributed by atoms with E-state index < -0.39 is 17.7 Å². The molecule has 0 bridgehead atoms. The van der Waals surface area contributed by atoms with Gasteiger partial charge in [0.05, 0.1) is 6.61 Å². The van der Waals surface area contributed by atoms with Crippen molar-refractivity contribution in [2.45, 2.75) is 18.6 Å². The molecule has 0 radical (unpaired) electrons. The molecule has 0 saturated heterocycles. The van der Waals surface area contributed by atoms with Gasteiger partial charge in [0, 0.05) is 7.11 Å². The monoisotopic (exact) mass is 215 g/mol. The van der Waals surface area contributed by atoms with Gasteiger partial charge in [0.2, 0.25) is 5.54 Å². The van der Waals surface area contributed by atoms with Gasteiger partial charge in [-0.15, -0.1) is 0 Å². The van der Waals surface area contributed by atoms with Crippen LogP contribution in [0.15, 0.2) is 0 Å². The molecule has 0 saturated carbocycles. The topological polar surface area (TPSA) is 61.5 Å². The molecule has 2 N–H and O–H groups in total. The summed E-state index contributed by atoms with van der Waals surface area (Å²) in [6.07, 6.45) is -4.82. The van der Waals surface area contributed by atoms with E-state index in [-0.39, 0.29) is 13.2 Å². The highest BCUT2D eigenvalue weighted by Crippen LogP contribution is 2.28. The van der Waals surface area contributed by atoms with Crippen LogP contribution in [-0.4, -0.2) is 38.0 Å². The van der Waals surface area contributed by atoms with Crippen LogP contribution in [0.4, 0.5) is 13.2 Å². The SMILES string of the molecule is COCCOC(=O)C(C)(N)C(F)(F)F. The minimum Gasteiger partial charge on any atom is -0.462 e. The largest absolute Gasteiger partial charge is 0.462 e. The van der Waals surface area contributed by atoms with Crippen molar-refractivity contribution >= 4 is 5.97 Å². The molecule has 0 aliphatic heterocycles. The third kappa shape index (κ3) is 3.15. The molecule has 0 aromatic carbocycles. The third-order valence-electron chi connectivity index (χ3n) is 1.53. The first kappa shape index (κ1) is 13.2. The summed E-state index contributed by atoms with van der Waals surface area (Å²) in [5.41, 5.74) is 1.81. The summed E-state index contributed by atoms with van der Waals surface area (Å²) >= 11 is 0. The van der Waals surface area contributed by atoms with E-state index in [2.05, 4.69) is 9.47 Å². The number of carbonyl (C=O) groups is 1. The molecule has 0 aromatic heterocycles. The predicted octanol–water partition coefficient (Wildman–Crippen LogP) is 0.456. The number of carbonyl (C=O) groups excluding carboxylic acids is 1. The van der Waals surface area contributed by atoms with E-state index in [4.69, 9.17) is 5.73 Å². The maximum atomic E-state index is 12.1. The molecule has 0 aliphatic rings. The van der Waals surface area contributed by atoms with Crippen LogP contribution in [0.5, 0.6) is 0 Å². The second-order valence-electron chi connectivity index (χ2n) is 2.83. The van der Waals surface area contributed by atoms with Crippen LogP contribution in [0, 0.1) is 0 Å². The van der Waals surface area contributed by atoms with E-state index >= 15 is 0 Å². The zero-order chi connectivity index (χ0) is 11.4. The van der Waals surface area contributed by atoms with Crippen molar-refractivity contribution in [1.82, 2.24) is 0 Å². The van der Waals surface area contributed by atoms with Crippen molar-refractivity contribution < 1.29 is 27.4 Å². The van der Waals surface area contributed by atoms with Gasteiger partial charge in [-0.2, -0.15) is 13.2 Å². The third-order valence-corrected chi connectivity index (χ3v) is 1.53. The van der Waals surface area contributed by atoms with Crippen LogP contribution < -0.4 is 5.73 Å². The molecule has 0 heterocycles. The Bertz CT molecular complexity index is 203. The summed E-state index contributed by atoms with van der Waals surface area (Å²) in [5.74, 6) is -1.51. The minimum absolute atomic E-state index is 0.0275. The van der Waals surface area contributed by atoms with E-state index in [0.717, 1.165) is 0 Å². The van der Waals surface area contributed by atoms with E-state index in [1.165, 1.54) is 7.11 Å². The Balaban J connectivity index is 4.23. The lowest BCUT2D eigenvalue weighted by Gasteiger charge is -2.24. The fourth-order valence-electron chi connectivity index (χ4n) is 0.483. The van der Waals surface area contributed by atoms with Crippen molar-refractivity contribution in [3.8, 4) is 0 Å². The number of esters is 1. The maximum Gasteiger partial charge on any atom is 0.416 e. The van der Waals surface area contributed by atoms with E-state index in [1.807, 2.05) is 0 Å². The van der Waals surface area contributed by atoms with Crippen LogP contribution in [0.3, 0.4) is 0 Å². The molecule has 1 unspecified atom stereocenters. The van der Waals surface area contributed by atoms with Gasteiger partial charge in [-0.3, -0.25) is 0 Å². The molecule has 0 aliphatic carbocycles. The predicted molar refractivity (Wildman–Crippen MR) is 41.5 cm³/mol. The van der Waals surface area contributed by atoms with Gasteiger partial charge in [-0.05, 0) is 6.92 Å². The molecule has 1 atom stereocenters. The second kappa shape index (κ2) is 4.61. The second-order valence-corrected chi connectivity index (χ2v) is 2.83. The van der Waals surface area contributed by atoms with Crippen molar-refractivity contribution in [3.05, 3.63) is 0 Å². The lowest BCUT2D eigenvalue weighted by molar-refractivity contribution is -0.202. The molecular formula is C7H12F3NO3. The molecule has 0 rings (SSSR count). The summed E-state index contributed by atoms with van der Waals surface area (Å²) in [6, 6.07) is 0. The van der Waals surface area contributed by atoms with Crippen LogP contribution in [0.2, 0.25) is 0 Å². The first-order valence-electron chi connectivity index (χ1n) is 3.75. The Kier molecular flexibility index (Phi) is 4.34. The molecule has 0 spiro atoms. The van der Waals surface area contributed by atoms with Gasteiger partial charge in [0.1, 0.15) is 6.61 Å². The van der Waals surface area contributed by atoms with E-state index in [0.29, 0.717) is 6.92 Å². The summed E-state index contributed by atoms with van der Waals surface area (Å²) in [5, 5.41) is 0. The molecule has 84 valence electrons. The van der Waals surface area contributed by atoms with Gasteiger partial charge < -0.3 is 15.2 Å².